The lowest BCUT2D eigenvalue weighted by Crippen LogP contribution is -2.47. The van der Waals surface area contributed by atoms with Crippen molar-refractivity contribution in [3.63, 3.8) is 0 Å². The number of rotatable bonds is 4. The van der Waals surface area contributed by atoms with Gasteiger partial charge in [0.25, 0.3) is 0 Å². The van der Waals surface area contributed by atoms with Crippen LogP contribution in [0.4, 0.5) is 17.3 Å². The van der Waals surface area contributed by atoms with Crippen LogP contribution in [-0.2, 0) is 13.5 Å². The summed E-state index contributed by atoms with van der Waals surface area (Å²) in [5, 5.41) is 28.2. The van der Waals surface area contributed by atoms with Crippen molar-refractivity contribution in [1.29, 1.82) is 0 Å². The molecule has 1 aliphatic heterocycles. The third-order valence-electron chi connectivity index (χ3n) is 4.63. The van der Waals surface area contributed by atoms with Crippen molar-refractivity contribution in [2.45, 2.75) is 13.3 Å². The van der Waals surface area contributed by atoms with E-state index in [1.165, 1.54) is 0 Å². The standard InChI is InChI=1S/C15H19N9O2/c1-3-11-14(24(25)26)15(20(2)18-11)22-8-6-21(7-9-22)13-5-4-12-17-16-10-23(12)19-13/h4-5,10H,3,6-9H2,1-2H3. The van der Waals surface area contributed by atoms with Gasteiger partial charge >= 0.3 is 5.69 Å². The molecule has 0 bridgehead atoms. The van der Waals surface area contributed by atoms with Crippen molar-refractivity contribution in [3.05, 3.63) is 34.3 Å². The zero-order valence-corrected chi connectivity index (χ0v) is 14.6. The van der Waals surface area contributed by atoms with Gasteiger partial charge in [-0.2, -0.15) is 9.61 Å². The highest BCUT2D eigenvalue weighted by molar-refractivity contribution is 5.62. The average molecular weight is 357 g/mol. The van der Waals surface area contributed by atoms with E-state index < -0.39 is 0 Å². The number of nitro groups is 1. The third kappa shape index (κ3) is 2.61. The third-order valence-corrected chi connectivity index (χ3v) is 4.63. The van der Waals surface area contributed by atoms with Gasteiger partial charge in [-0.3, -0.25) is 10.1 Å². The summed E-state index contributed by atoms with van der Waals surface area (Å²) < 4.78 is 3.26. The van der Waals surface area contributed by atoms with Gasteiger partial charge in [-0.05, 0) is 18.6 Å². The second kappa shape index (κ2) is 6.24. The van der Waals surface area contributed by atoms with E-state index in [0.717, 1.165) is 5.82 Å². The lowest BCUT2D eigenvalue weighted by molar-refractivity contribution is -0.384. The molecule has 0 N–H and O–H groups in total. The van der Waals surface area contributed by atoms with Gasteiger partial charge in [0.05, 0.1) is 4.92 Å². The fourth-order valence-corrected chi connectivity index (χ4v) is 3.37. The van der Waals surface area contributed by atoms with E-state index in [4.69, 9.17) is 0 Å². The summed E-state index contributed by atoms with van der Waals surface area (Å²) >= 11 is 0. The Kier molecular flexibility index (Phi) is 3.90. The van der Waals surface area contributed by atoms with Crippen LogP contribution in [0.15, 0.2) is 18.5 Å². The summed E-state index contributed by atoms with van der Waals surface area (Å²) in [6, 6.07) is 3.79. The Labute approximate surface area is 149 Å². The molecule has 3 aromatic heterocycles. The normalized spacial score (nSPS) is 15.0. The number of anilines is 2. The van der Waals surface area contributed by atoms with Crippen LogP contribution in [0.25, 0.3) is 5.65 Å². The number of hydrogen-bond acceptors (Lipinski definition) is 8. The van der Waals surface area contributed by atoms with Gasteiger partial charge in [0.2, 0.25) is 5.82 Å². The lowest BCUT2D eigenvalue weighted by atomic mass is 10.2. The number of piperazine rings is 1. The Morgan fingerprint density at radius 3 is 2.58 bits per heavy atom. The molecule has 3 aromatic rings. The summed E-state index contributed by atoms with van der Waals surface area (Å²) in [5.41, 5.74) is 1.34. The van der Waals surface area contributed by atoms with Crippen molar-refractivity contribution in [2.24, 2.45) is 7.05 Å². The Morgan fingerprint density at radius 1 is 1.15 bits per heavy atom. The number of hydrogen-bond donors (Lipinski definition) is 0. The second-order valence-electron chi connectivity index (χ2n) is 6.15. The first-order valence-corrected chi connectivity index (χ1v) is 8.45. The van der Waals surface area contributed by atoms with Crippen molar-refractivity contribution in [1.82, 2.24) is 29.6 Å². The smallest absolute Gasteiger partial charge is 0.334 e. The molecule has 0 amide bonds. The van der Waals surface area contributed by atoms with E-state index in [-0.39, 0.29) is 10.6 Å². The van der Waals surface area contributed by atoms with Gasteiger partial charge in [-0.25, -0.2) is 4.68 Å². The van der Waals surface area contributed by atoms with Crippen molar-refractivity contribution in [3.8, 4) is 0 Å². The first-order valence-electron chi connectivity index (χ1n) is 8.45. The molecule has 1 aliphatic rings. The fourth-order valence-electron chi connectivity index (χ4n) is 3.37. The Bertz CT molecular complexity index is 955. The van der Waals surface area contributed by atoms with E-state index in [9.17, 15) is 10.1 Å². The van der Waals surface area contributed by atoms with E-state index >= 15 is 0 Å². The maximum absolute atomic E-state index is 11.5. The van der Waals surface area contributed by atoms with Gasteiger partial charge < -0.3 is 9.80 Å². The summed E-state index contributed by atoms with van der Waals surface area (Å²) in [7, 11) is 1.76. The summed E-state index contributed by atoms with van der Waals surface area (Å²) in [6.07, 6.45) is 2.10. The molecular weight excluding hydrogens is 338 g/mol. The molecule has 11 heteroatoms. The molecule has 136 valence electrons. The topological polar surface area (TPSA) is 111 Å². The highest BCUT2D eigenvalue weighted by atomic mass is 16.6. The van der Waals surface area contributed by atoms with Crippen LogP contribution < -0.4 is 9.80 Å². The monoisotopic (exact) mass is 357 g/mol. The molecule has 0 aromatic carbocycles. The van der Waals surface area contributed by atoms with Crippen LogP contribution in [0.2, 0.25) is 0 Å². The van der Waals surface area contributed by atoms with E-state index in [0.29, 0.717) is 49.8 Å². The van der Waals surface area contributed by atoms with Crippen LogP contribution in [-0.4, -0.2) is 60.7 Å². The molecule has 4 rings (SSSR count). The molecule has 4 heterocycles. The molecule has 0 spiro atoms. The lowest BCUT2D eigenvalue weighted by Gasteiger charge is -2.35. The largest absolute Gasteiger partial charge is 0.352 e. The van der Waals surface area contributed by atoms with E-state index in [2.05, 4.69) is 25.3 Å². The van der Waals surface area contributed by atoms with E-state index in [1.807, 2.05) is 24.0 Å². The van der Waals surface area contributed by atoms with E-state index in [1.54, 1.807) is 22.6 Å². The van der Waals surface area contributed by atoms with Crippen molar-refractivity contribution in [2.75, 3.05) is 36.0 Å². The minimum absolute atomic E-state index is 0.118. The molecule has 11 nitrogen and oxygen atoms in total. The SMILES string of the molecule is CCc1nn(C)c(N2CCN(c3ccc4nncn4n3)CC2)c1[N+](=O)[O-]. The zero-order chi connectivity index (χ0) is 18.3. The Hall–Kier alpha value is -3.24. The highest BCUT2D eigenvalue weighted by Crippen LogP contribution is 2.32. The van der Waals surface area contributed by atoms with Crippen LogP contribution in [0.3, 0.4) is 0 Å². The predicted octanol–water partition coefficient (Wildman–Crippen LogP) is 0.655. The molecule has 0 unspecified atom stereocenters. The average Bonchev–Trinajstić information content (AvgIpc) is 3.24. The number of aryl methyl sites for hydroxylation is 2. The van der Waals surface area contributed by atoms with Crippen LogP contribution in [0.5, 0.6) is 0 Å². The van der Waals surface area contributed by atoms with Gasteiger partial charge in [0.1, 0.15) is 17.8 Å². The quantitative estimate of drug-likeness (QED) is 0.494. The minimum atomic E-state index is -0.324. The zero-order valence-electron chi connectivity index (χ0n) is 14.6. The molecule has 0 radical (unpaired) electrons. The molecule has 1 saturated heterocycles. The highest BCUT2D eigenvalue weighted by Gasteiger charge is 2.31. The van der Waals surface area contributed by atoms with Gasteiger partial charge in [0, 0.05) is 33.2 Å². The fraction of sp³-hybridized carbons (Fsp3) is 0.467. The number of nitrogens with zero attached hydrogens (tertiary/aromatic N) is 9. The molecule has 0 atom stereocenters. The predicted molar refractivity (Wildman–Crippen MR) is 94.4 cm³/mol. The first kappa shape index (κ1) is 16.2. The maximum Gasteiger partial charge on any atom is 0.334 e. The Balaban J connectivity index is 1.55. The van der Waals surface area contributed by atoms with Crippen LogP contribution in [0.1, 0.15) is 12.6 Å². The van der Waals surface area contributed by atoms with Gasteiger partial charge in [0.15, 0.2) is 5.65 Å². The summed E-state index contributed by atoms with van der Waals surface area (Å²) in [4.78, 5) is 15.4. The minimum Gasteiger partial charge on any atom is -0.352 e. The maximum atomic E-state index is 11.5. The van der Waals surface area contributed by atoms with Crippen LogP contribution in [0, 0.1) is 10.1 Å². The van der Waals surface area contributed by atoms with Crippen LogP contribution >= 0.6 is 0 Å². The van der Waals surface area contributed by atoms with Crippen molar-refractivity contribution < 1.29 is 4.92 Å². The first-order chi connectivity index (χ1) is 12.6. The second-order valence-corrected chi connectivity index (χ2v) is 6.15. The summed E-state index contributed by atoms with van der Waals surface area (Å²) in [5.74, 6) is 1.42. The molecule has 0 saturated carbocycles. The molecule has 26 heavy (non-hydrogen) atoms. The molecule has 1 fully saturated rings. The van der Waals surface area contributed by atoms with Gasteiger partial charge in [-0.15, -0.1) is 15.3 Å². The molecule has 0 aliphatic carbocycles. The van der Waals surface area contributed by atoms with Crippen molar-refractivity contribution >= 4 is 23.0 Å². The molecular formula is C15H19N9O2. The Morgan fingerprint density at radius 2 is 1.88 bits per heavy atom. The summed E-state index contributed by atoms with van der Waals surface area (Å²) in [6.45, 7) is 4.62. The number of aromatic nitrogens is 6. The van der Waals surface area contributed by atoms with Gasteiger partial charge in [-0.1, -0.05) is 6.92 Å². The number of fused-ring (bicyclic) bond motifs is 1.